The van der Waals surface area contributed by atoms with Crippen LogP contribution in [-0.4, -0.2) is 23.5 Å². The van der Waals surface area contributed by atoms with Crippen molar-refractivity contribution in [1.82, 2.24) is 4.90 Å². The predicted molar refractivity (Wildman–Crippen MR) is 86.6 cm³/mol. The van der Waals surface area contributed by atoms with Crippen LogP contribution in [-0.2, 0) is 0 Å². The van der Waals surface area contributed by atoms with E-state index in [2.05, 4.69) is 46.4 Å². The number of hydrogen-bond acceptors (Lipinski definition) is 1. The van der Waals surface area contributed by atoms with Crippen molar-refractivity contribution in [2.45, 2.75) is 92.0 Å². The zero-order valence-corrected chi connectivity index (χ0v) is 14.4. The summed E-state index contributed by atoms with van der Waals surface area (Å²) in [4.78, 5) is 2.71. The van der Waals surface area contributed by atoms with Crippen LogP contribution in [0.3, 0.4) is 0 Å². The van der Waals surface area contributed by atoms with E-state index in [1.807, 2.05) is 0 Å². The third-order valence-electron chi connectivity index (χ3n) is 4.88. The van der Waals surface area contributed by atoms with E-state index in [1.165, 1.54) is 58.0 Å². The summed E-state index contributed by atoms with van der Waals surface area (Å²) in [6.07, 6.45) is 9.91. The molecule has 0 aliphatic carbocycles. The second-order valence-corrected chi connectivity index (χ2v) is 8.57. The highest BCUT2D eigenvalue weighted by molar-refractivity contribution is 4.79. The minimum atomic E-state index is 0.339. The van der Waals surface area contributed by atoms with E-state index in [9.17, 15) is 0 Å². The van der Waals surface area contributed by atoms with E-state index in [-0.39, 0.29) is 0 Å². The number of nitrogens with zero attached hydrogens (tertiary/aromatic N) is 1. The molecule has 1 fully saturated rings. The fourth-order valence-electron chi connectivity index (χ4n) is 3.37. The van der Waals surface area contributed by atoms with Gasteiger partial charge in [-0.3, -0.25) is 4.90 Å². The van der Waals surface area contributed by atoms with Gasteiger partial charge >= 0.3 is 0 Å². The van der Waals surface area contributed by atoms with Crippen LogP contribution in [0.25, 0.3) is 0 Å². The van der Waals surface area contributed by atoms with E-state index in [0.29, 0.717) is 11.0 Å². The third kappa shape index (κ3) is 6.29. The lowest BCUT2D eigenvalue weighted by molar-refractivity contribution is 0.123. The summed E-state index contributed by atoms with van der Waals surface area (Å²) in [5, 5.41) is 0. The first kappa shape index (κ1) is 17.0. The number of rotatable bonds is 0. The molecule has 1 rings (SSSR count). The van der Waals surface area contributed by atoms with Gasteiger partial charge < -0.3 is 0 Å². The normalized spacial score (nSPS) is 25.9. The maximum absolute atomic E-state index is 2.71. The summed E-state index contributed by atoms with van der Waals surface area (Å²) in [5.74, 6) is 0.910. The van der Waals surface area contributed by atoms with Crippen molar-refractivity contribution >= 4 is 0 Å². The smallest absolute Gasteiger partial charge is 0.0125 e. The van der Waals surface area contributed by atoms with Crippen LogP contribution >= 0.6 is 0 Å². The van der Waals surface area contributed by atoms with Gasteiger partial charge in [-0.1, -0.05) is 40.0 Å². The monoisotopic (exact) mass is 267 g/mol. The zero-order chi connectivity index (χ0) is 14.5. The van der Waals surface area contributed by atoms with Crippen LogP contribution in [0.1, 0.15) is 86.5 Å². The van der Waals surface area contributed by atoms with E-state index in [4.69, 9.17) is 0 Å². The first-order valence-corrected chi connectivity index (χ1v) is 8.46. The van der Waals surface area contributed by atoms with Crippen molar-refractivity contribution in [1.29, 1.82) is 0 Å². The van der Waals surface area contributed by atoms with Gasteiger partial charge in [-0.15, -0.1) is 0 Å². The van der Waals surface area contributed by atoms with Gasteiger partial charge in [-0.2, -0.15) is 0 Å². The molecule has 1 heterocycles. The van der Waals surface area contributed by atoms with Gasteiger partial charge in [0.25, 0.3) is 0 Å². The molecule has 0 radical (unpaired) electrons. The summed E-state index contributed by atoms with van der Waals surface area (Å²) in [6.45, 7) is 17.0. The topological polar surface area (TPSA) is 3.24 Å². The van der Waals surface area contributed by atoms with Gasteiger partial charge in [0.1, 0.15) is 0 Å². The van der Waals surface area contributed by atoms with E-state index in [1.54, 1.807) is 0 Å². The Hall–Kier alpha value is -0.0400. The number of hydrogen-bond donors (Lipinski definition) is 0. The molecular formula is C18H37N. The molecule has 1 heteroatoms. The first-order chi connectivity index (χ1) is 8.71. The van der Waals surface area contributed by atoms with Crippen molar-refractivity contribution in [2.75, 3.05) is 13.1 Å². The Morgan fingerprint density at radius 3 is 1.79 bits per heavy atom. The molecule has 19 heavy (non-hydrogen) atoms. The quantitative estimate of drug-likeness (QED) is 0.560. The molecule has 1 aliphatic rings. The van der Waals surface area contributed by atoms with Crippen molar-refractivity contribution in [3.8, 4) is 0 Å². The lowest BCUT2D eigenvalue weighted by atomic mass is 9.75. The van der Waals surface area contributed by atoms with E-state index < -0.39 is 0 Å². The van der Waals surface area contributed by atoms with Crippen LogP contribution in [0.4, 0.5) is 0 Å². The molecule has 0 aromatic heterocycles. The lowest BCUT2D eigenvalue weighted by Gasteiger charge is -2.36. The zero-order valence-electron chi connectivity index (χ0n) is 14.4. The second kappa shape index (κ2) is 7.11. The molecule has 0 bridgehead atoms. The highest BCUT2D eigenvalue weighted by Crippen LogP contribution is 2.34. The molecule has 0 saturated carbocycles. The molecule has 1 saturated heterocycles. The minimum absolute atomic E-state index is 0.339. The first-order valence-electron chi connectivity index (χ1n) is 8.46. The molecule has 0 amide bonds. The summed E-state index contributed by atoms with van der Waals surface area (Å²) in [7, 11) is 0. The van der Waals surface area contributed by atoms with Gasteiger partial charge in [0.2, 0.25) is 0 Å². The largest absolute Gasteiger partial charge is 0.298 e. The molecule has 0 N–H and O–H groups in total. The Morgan fingerprint density at radius 2 is 1.21 bits per heavy atom. The fraction of sp³-hybridized carbons (Fsp3) is 1.00. The SMILES string of the molecule is CC(C)(C)C1CCCCCCN(C(C)(C)C)CCC1. The van der Waals surface area contributed by atoms with Crippen molar-refractivity contribution < 1.29 is 0 Å². The minimum Gasteiger partial charge on any atom is -0.298 e. The second-order valence-electron chi connectivity index (χ2n) is 8.57. The average Bonchev–Trinajstić information content (AvgIpc) is 2.29. The molecule has 0 spiro atoms. The van der Waals surface area contributed by atoms with Crippen LogP contribution in [0.5, 0.6) is 0 Å². The van der Waals surface area contributed by atoms with Gasteiger partial charge in [-0.25, -0.2) is 0 Å². The Labute approximate surface area is 122 Å². The van der Waals surface area contributed by atoms with Crippen LogP contribution < -0.4 is 0 Å². The maximum atomic E-state index is 2.71. The third-order valence-corrected chi connectivity index (χ3v) is 4.88. The van der Waals surface area contributed by atoms with Gasteiger partial charge in [-0.05, 0) is 70.9 Å². The van der Waals surface area contributed by atoms with Crippen LogP contribution in [0.2, 0.25) is 0 Å². The molecule has 0 aromatic rings. The van der Waals surface area contributed by atoms with Crippen molar-refractivity contribution in [3.05, 3.63) is 0 Å². The Morgan fingerprint density at radius 1 is 0.684 bits per heavy atom. The maximum Gasteiger partial charge on any atom is 0.0125 e. The van der Waals surface area contributed by atoms with E-state index >= 15 is 0 Å². The average molecular weight is 268 g/mol. The van der Waals surface area contributed by atoms with Crippen LogP contribution in [0.15, 0.2) is 0 Å². The van der Waals surface area contributed by atoms with Gasteiger partial charge in [0.15, 0.2) is 0 Å². The van der Waals surface area contributed by atoms with Crippen LogP contribution in [0, 0.1) is 11.3 Å². The summed E-state index contributed by atoms with van der Waals surface area (Å²) < 4.78 is 0. The van der Waals surface area contributed by atoms with Gasteiger partial charge in [0.05, 0.1) is 0 Å². The molecule has 1 unspecified atom stereocenters. The highest BCUT2D eigenvalue weighted by Gasteiger charge is 2.26. The standard InChI is InChI=1S/C18H37N/c1-17(2,3)16-12-9-7-8-10-14-19(15-11-13-16)18(4,5)6/h16H,7-15H2,1-6H3. The van der Waals surface area contributed by atoms with E-state index in [0.717, 1.165) is 5.92 Å². The Balaban J connectivity index is 2.61. The molecule has 1 atom stereocenters. The fourth-order valence-corrected chi connectivity index (χ4v) is 3.37. The summed E-state index contributed by atoms with van der Waals surface area (Å²) >= 11 is 0. The highest BCUT2D eigenvalue weighted by atomic mass is 15.2. The van der Waals surface area contributed by atoms with Gasteiger partial charge in [0, 0.05) is 5.54 Å². The molecule has 114 valence electrons. The lowest BCUT2D eigenvalue weighted by Crippen LogP contribution is -2.42. The van der Waals surface area contributed by atoms with Crippen molar-refractivity contribution in [2.24, 2.45) is 11.3 Å². The Bertz CT molecular complexity index is 217. The molecular weight excluding hydrogens is 230 g/mol. The molecule has 0 aromatic carbocycles. The Kier molecular flexibility index (Phi) is 6.36. The molecule has 1 aliphatic heterocycles. The van der Waals surface area contributed by atoms with Crippen molar-refractivity contribution in [3.63, 3.8) is 0 Å². The predicted octanol–water partition coefficient (Wildman–Crippen LogP) is 5.49. The molecule has 1 nitrogen and oxygen atoms in total. The summed E-state index contributed by atoms with van der Waals surface area (Å²) in [5.41, 5.74) is 0.825. The summed E-state index contributed by atoms with van der Waals surface area (Å²) in [6, 6.07) is 0.